The Bertz CT molecular complexity index is 1050. The third-order valence-corrected chi connectivity index (χ3v) is 5.14. The normalized spacial score (nSPS) is 17.4. The standard InChI is InChI=1S/C23H27N3O3/c1-23(2,3)17-6-4-16(5-7-17)15-29-18-8-10-26-21(12-18)25-19(13-22(26)27)20-14-24-9-11-28-20/h4-8,10,12-13,20,24H,9,11,14-15H2,1-3H3. The monoisotopic (exact) mass is 393 g/mol. The zero-order chi connectivity index (χ0) is 20.4. The quantitative estimate of drug-likeness (QED) is 0.737. The summed E-state index contributed by atoms with van der Waals surface area (Å²) in [5.74, 6) is 0.677. The van der Waals surface area contributed by atoms with Crippen LogP contribution in [0.15, 0.2) is 53.5 Å². The molecule has 1 aromatic carbocycles. The molecule has 0 bridgehead atoms. The maximum atomic E-state index is 12.5. The van der Waals surface area contributed by atoms with Crippen molar-refractivity contribution in [1.29, 1.82) is 0 Å². The Hall–Kier alpha value is -2.70. The molecule has 152 valence electrons. The highest BCUT2D eigenvalue weighted by atomic mass is 16.5. The largest absolute Gasteiger partial charge is 0.489 e. The summed E-state index contributed by atoms with van der Waals surface area (Å²) in [6, 6.07) is 13.6. The Morgan fingerprint density at radius 2 is 2.00 bits per heavy atom. The number of rotatable bonds is 4. The number of pyridine rings is 1. The van der Waals surface area contributed by atoms with Crippen LogP contribution in [0.25, 0.3) is 5.65 Å². The molecule has 1 N–H and O–H groups in total. The number of nitrogens with one attached hydrogen (secondary N) is 1. The average Bonchev–Trinajstić information content (AvgIpc) is 2.72. The van der Waals surface area contributed by atoms with E-state index in [1.165, 1.54) is 9.96 Å². The van der Waals surface area contributed by atoms with Gasteiger partial charge in [0.25, 0.3) is 5.56 Å². The first-order valence-electron chi connectivity index (χ1n) is 9.98. The van der Waals surface area contributed by atoms with E-state index < -0.39 is 0 Å². The molecule has 3 heterocycles. The summed E-state index contributed by atoms with van der Waals surface area (Å²) >= 11 is 0. The number of hydrogen-bond acceptors (Lipinski definition) is 5. The lowest BCUT2D eigenvalue weighted by molar-refractivity contribution is 0.0250. The van der Waals surface area contributed by atoms with Crippen molar-refractivity contribution in [2.24, 2.45) is 0 Å². The molecule has 3 aromatic rings. The van der Waals surface area contributed by atoms with Gasteiger partial charge in [0.05, 0.1) is 12.3 Å². The average molecular weight is 393 g/mol. The fourth-order valence-corrected chi connectivity index (χ4v) is 3.38. The number of ether oxygens (including phenoxy) is 2. The minimum absolute atomic E-state index is 0.122. The number of hydrogen-bond donors (Lipinski definition) is 1. The van der Waals surface area contributed by atoms with Crippen molar-refractivity contribution >= 4 is 5.65 Å². The molecule has 1 aliphatic heterocycles. The van der Waals surface area contributed by atoms with Gasteiger partial charge < -0.3 is 14.8 Å². The smallest absolute Gasteiger partial charge is 0.258 e. The Kier molecular flexibility index (Phi) is 5.39. The molecule has 1 saturated heterocycles. The summed E-state index contributed by atoms with van der Waals surface area (Å²) in [5, 5.41) is 3.27. The molecule has 0 spiro atoms. The van der Waals surface area contributed by atoms with Crippen LogP contribution < -0.4 is 15.6 Å². The number of aromatic nitrogens is 2. The van der Waals surface area contributed by atoms with E-state index in [4.69, 9.17) is 9.47 Å². The fourth-order valence-electron chi connectivity index (χ4n) is 3.38. The second kappa shape index (κ2) is 7.97. The van der Waals surface area contributed by atoms with Crippen molar-refractivity contribution < 1.29 is 9.47 Å². The van der Waals surface area contributed by atoms with Crippen LogP contribution in [0.4, 0.5) is 0 Å². The lowest BCUT2D eigenvalue weighted by Gasteiger charge is -2.23. The van der Waals surface area contributed by atoms with Crippen LogP contribution in [-0.4, -0.2) is 29.1 Å². The molecule has 1 atom stereocenters. The summed E-state index contributed by atoms with van der Waals surface area (Å²) < 4.78 is 13.2. The van der Waals surface area contributed by atoms with E-state index in [1.807, 2.05) is 0 Å². The number of nitrogens with zero attached hydrogens (tertiary/aromatic N) is 2. The molecule has 0 saturated carbocycles. The first-order chi connectivity index (χ1) is 13.9. The second-order valence-electron chi connectivity index (χ2n) is 8.41. The Morgan fingerprint density at radius 1 is 1.21 bits per heavy atom. The van der Waals surface area contributed by atoms with Crippen molar-refractivity contribution in [3.8, 4) is 5.75 Å². The van der Waals surface area contributed by atoms with E-state index in [2.05, 4.69) is 55.3 Å². The van der Waals surface area contributed by atoms with Crippen molar-refractivity contribution in [3.05, 3.63) is 75.8 Å². The predicted octanol–water partition coefficient (Wildman–Crippen LogP) is 3.23. The van der Waals surface area contributed by atoms with E-state index in [9.17, 15) is 4.79 Å². The molecule has 1 fully saturated rings. The highest BCUT2D eigenvalue weighted by Crippen LogP contribution is 2.23. The van der Waals surface area contributed by atoms with Crippen LogP contribution in [0.1, 0.15) is 43.7 Å². The van der Waals surface area contributed by atoms with E-state index >= 15 is 0 Å². The van der Waals surface area contributed by atoms with Crippen molar-refractivity contribution in [1.82, 2.24) is 14.7 Å². The minimum Gasteiger partial charge on any atom is -0.489 e. The molecule has 1 unspecified atom stereocenters. The number of fused-ring (bicyclic) bond motifs is 1. The molecule has 4 rings (SSSR count). The van der Waals surface area contributed by atoms with Gasteiger partial charge in [-0.15, -0.1) is 0 Å². The highest BCUT2D eigenvalue weighted by Gasteiger charge is 2.18. The van der Waals surface area contributed by atoms with Crippen LogP contribution in [0, 0.1) is 0 Å². The van der Waals surface area contributed by atoms with Crippen molar-refractivity contribution in [3.63, 3.8) is 0 Å². The Labute approximate surface area is 170 Å². The Balaban J connectivity index is 1.52. The first-order valence-corrected chi connectivity index (χ1v) is 9.98. The van der Waals surface area contributed by atoms with E-state index in [-0.39, 0.29) is 17.1 Å². The SMILES string of the molecule is CC(C)(C)c1ccc(COc2ccn3c(=O)cc(C4CNCCO4)nc3c2)cc1. The topological polar surface area (TPSA) is 64.9 Å². The zero-order valence-corrected chi connectivity index (χ0v) is 17.1. The molecule has 29 heavy (non-hydrogen) atoms. The van der Waals surface area contributed by atoms with Crippen LogP contribution in [0.2, 0.25) is 0 Å². The minimum atomic E-state index is -0.202. The summed E-state index contributed by atoms with van der Waals surface area (Å²) in [4.78, 5) is 17.1. The van der Waals surface area contributed by atoms with Gasteiger partial charge >= 0.3 is 0 Å². The third kappa shape index (κ3) is 4.49. The maximum absolute atomic E-state index is 12.5. The zero-order valence-electron chi connectivity index (χ0n) is 17.1. The molecular weight excluding hydrogens is 366 g/mol. The highest BCUT2D eigenvalue weighted by molar-refractivity contribution is 5.45. The maximum Gasteiger partial charge on any atom is 0.258 e. The van der Waals surface area contributed by atoms with Crippen LogP contribution in [0.3, 0.4) is 0 Å². The van der Waals surface area contributed by atoms with Gasteiger partial charge in [0.2, 0.25) is 0 Å². The first kappa shape index (κ1) is 19.6. The van der Waals surface area contributed by atoms with Gasteiger partial charge in [0.1, 0.15) is 24.1 Å². The van der Waals surface area contributed by atoms with Crippen molar-refractivity contribution in [2.75, 3.05) is 19.7 Å². The van der Waals surface area contributed by atoms with E-state index in [1.54, 1.807) is 24.4 Å². The van der Waals surface area contributed by atoms with Gasteiger partial charge in [0.15, 0.2) is 0 Å². The summed E-state index contributed by atoms with van der Waals surface area (Å²) in [6.07, 6.45) is 1.50. The third-order valence-electron chi connectivity index (χ3n) is 5.14. The lowest BCUT2D eigenvalue weighted by Crippen LogP contribution is -2.34. The molecule has 0 amide bonds. The molecule has 6 heteroatoms. The van der Waals surface area contributed by atoms with Crippen LogP contribution in [0.5, 0.6) is 5.75 Å². The molecule has 0 radical (unpaired) electrons. The van der Waals surface area contributed by atoms with Gasteiger partial charge in [0, 0.05) is 31.4 Å². The molecule has 6 nitrogen and oxygen atoms in total. The van der Waals surface area contributed by atoms with Crippen LogP contribution in [-0.2, 0) is 16.8 Å². The summed E-state index contributed by atoms with van der Waals surface area (Å²) in [7, 11) is 0. The lowest BCUT2D eigenvalue weighted by atomic mass is 9.87. The van der Waals surface area contributed by atoms with Crippen LogP contribution >= 0.6 is 0 Å². The molecule has 1 aliphatic rings. The van der Waals surface area contributed by atoms with E-state index in [0.717, 1.165) is 12.1 Å². The van der Waals surface area contributed by atoms with Crippen molar-refractivity contribution in [2.45, 2.75) is 38.9 Å². The number of benzene rings is 1. The summed E-state index contributed by atoms with van der Waals surface area (Å²) in [6.45, 7) is 9.14. The molecular formula is C23H27N3O3. The second-order valence-corrected chi connectivity index (χ2v) is 8.41. The number of morpholine rings is 1. The summed E-state index contributed by atoms with van der Waals surface area (Å²) in [5.41, 5.74) is 3.61. The van der Waals surface area contributed by atoms with Gasteiger partial charge in [-0.2, -0.15) is 0 Å². The Morgan fingerprint density at radius 3 is 2.69 bits per heavy atom. The molecule has 0 aliphatic carbocycles. The fraction of sp³-hybridized carbons (Fsp3) is 0.391. The van der Waals surface area contributed by atoms with Gasteiger partial charge in [-0.25, -0.2) is 4.98 Å². The van der Waals surface area contributed by atoms with E-state index in [0.29, 0.717) is 36.8 Å². The van der Waals surface area contributed by atoms with Gasteiger partial charge in [-0.3, -0.25) is 9.20 Å². The van der Waals surface area contributed by atoms with Gasteiger partial charge in [-0.05, 0) is 22.6 Å². The predicted molar refractivity (Wildman–Crippen MR) is 112 cm³/mol. The van der Waals surface area contributed by atoms with Gasteiger partial charge in [-0.1, -0.05) is 45.0 Å². The molecule has 2 aromatic heterocycles.